The highest BCUT2D eigenvalue weighted by Crippen LogP contribution is 2.25. The number of aromatic nitrogens is 4. The number of hydrogen-bond acceptors (Lipinski definition) is 5. The van der Waals surface area contributed by atoms with Gasteiger partial charge in [0.2, 0.25) is 0 Å². The topological polar surface area (TPSA) is 66.5 Å². The maximum Gasteiger partial charge on any atom is 0.137 e. The van der Waals surface area contributed by atoms with E-state index in [1.807, 2.05) is 12.1 Å². The lowest BCUT2D eigenvalue weighted by Gasteiger charge is -2.09. The van der Waals surface area contributed by atoms with Crippen molar-refractivity contribution in [2.24, 2.45) is 0 Å². The van der Waals surface area contributed by atoms with Gasteiger partial charge in [0, 0.05) is 16.8 Å². The van der Waals surface area contributed by atoms with Gasteiger partial charge < -0.3 is 10.3 Å². The van der Waals surface area contributed by atoms with E-state index in [-0.39, 0.29) is 0 Å². The van der Waals surface area contributed by atoms with Gasteiger partial charge in [-0.1, -0.05) is 6.07 Å². The van der Waals surface area contributed by atoms with Crippen LogP contribution in [0, 0.1) is 0 Å². The first kappa shape index (κ1) is 14.0. The number of imidazole rings is 1. The van der Waals surface area contributed by atoms with E-state index in [2.05, 4.69) is 55.8 Å². The molecule has 0 saturated carbocycles. The van der Waals surface area contributed by atoms with Crippen molar-refractivity contribution in [2.45, 2.75) is 11.4 Å². The second kappa shape index (κ2) is 5.89. The molecule has 2 N–H and O–H groups in total. The normalized spacial score (nSPS) is 11.2. The molecule has 0 radical (unpaired) electrons. The van der Waals surface area contributed by atoms with Gasteiger partial charge in [0.05, 0.1) is 22.9 Å². The summed E-state index contributed by atoms with van der Waals surface area (Å²) < 4.78 is 0. The second-order valence-electron chi connectivity index (χ2n) is 5.21. The molecule has 114 valence electrons. The molecular weight excluding hydrogens is 306 g/mol. The van der Waals surface area contributed by atoms with Crippen LogP contribution in [0.15, 0.2) is 53.9 Å². The predicted molar refractivity (Wildman–Crippen MR) is 94.7 cm³/mol. The fourth-order valence-corrected chi connectivity index (χ4v) is 3.02. The van der Waals surface area contributed by atoms with Crippen molar-refractivity contribution in [1.29, 1.82) is 0 Å². The summed E-state index contributed by atoms with van der Waals surface area (Å²) in [6.45, 7) is 0.693. The summed E-state index contributed by atoms with van der Waals surface area (Å²) in [5, 5.41) is 4.46. The SMILES string of the molecule is CSc1ccc2ncnc(NCc3ccc4[nH]cnc4c3)c2c1. The Hall–Kier alpha value is -2.60. The third kappa shape index (κ3) is 2.73. The van der Waals surface area contributed by atoms with Crippen LogP contribution >= 0.6 is 11.8 Å². The highest BCUT2D eigenvalue weighted by molar-refractivity contribution is 7.98. The van der Waals surface area contributed by atoms with Crippen LogP contribution in [0.5, 0.6) is 0 Å². The highest BCUT2D eigenvalue weighted by atomic mass is 32.2. The Morgan fingerprint density at radius 1 is 1.04 bits per heavy atom. The van der Waals surface area contributed by atoms with E-state index < -0.39 is 0 Å². The van der Waals surface area contributed by atoms with Gasteiger partial charge in [0.15, 0.2) is 0 Å². The van der Waals surface area contributed by atoms with Crippen molar-refractivity contribution in [2.75, 3.05) is 11.6 Å². The monoisotopic (exact) mass is 321 g/mol. The van der Waals surface area contributed by atoms with E-state index in [0.717, 1.165) is 33.3 Å². The van der Waals surface area contributed by atoms with E-state index in [1.54, 1.807) is 24.4 Å². The minimum Gasteiger partial charge on any atom is -0.365 e. The van der Waals surface area contributed by atoms with Crippen LogP contribution in [0.2, 0.25) is 0 Å². The third-order valence-electron chi connectivity index (χ3n) is 3.79. The van der Waals surface area contributed by atoms with Crippen LogP contribution in [-0.2, 0) is 6.54 Å². The van der Waals surface area contributed by atoms with E-state index in [9.17, 15) is 0 Å². The molecule has 0 amide bonds. The van der Waals surface area contributed by atoms with Gasteiger partial charge in [-0.05, 0) is 42.2 Å². The number of hydrogen-bond donors (Lipinski definition) is 2. The Balaban J connectivity index is 1.64. The molecule has 0 fully saturated rings. The van der Waals surface area contributed by atoms with Gasteiger partial charge in [0.1, 0.15) is 12.1 Å². The molecule has 0 spiro atoms. The molecule has 2 aromatic carbocycles. The molecule has 4 rings (SSSR count). The second-order valence-corrected chi connectivity index (χ2v) is 6.09. The van der Waals surface area contributed by atoms with Gasteiger partial charge in [-0.3, -0.25) is 0 Å². The van der Waals surface area contributed by atoms with E-state index in [4.69, 9.17) is 0 Å². The maximum absolute atomic E-state index is 4.40. The number of benzene rings is 2. The summed E-state index contributed by atoms with van der Waals surface area (Å²) in [5.41, 5.74) is 4.13. The standard InChI is InChI=1S/C17H15N5S/c1-23-12-3-5-14-13(7-12)17(22-10-19-14)18-8-11-2-4-15-16(6-11)21-9-20-15/h2-7,9-10H,8H2,1H3,(H,20,21)(H,18,19,22). The minimum atomic E-state index is 0.693. The molecule has 2 heterocycles. The van der Waals surface area contributed by atoms with Crippen molar-refractivity contribution in [1.82, 2.24) is 19.9 Å². The lowest BCUT2D eigenvalue weighted by molar-refractivity contribution is 1.10. The predicted octanol–water partition coefficient (Wildman–Crippen LogP) is 3.84. The Bertz CT molecular complexity index is 979. The highest BCUT2D eigenvalue weighted by Gasteiger charge is 2.05. The van der Waals surface area contributed by atoms with Crippen LogP contribution in [0.25, 0.3) is 21.9 Å². The summed E-state index contributed by atoms with van der Waals surface area (Å²) in [5.74, 6) is 0.855. The van der Waals surface area contributed by atoms with Gasteiger partial charge in [-0.15, -0.1) is 11.8 Å². The van der Waals surface area contributed by atoms with Crippen LogP contribution in [0.1, 0.15) is 5.56 Å². The number of nitrogens with zero attached hydrogens (tertiary/aromatic N) is 3. The molecule has 0 aliphatic rings. The molecule has 0 unspecified atom stereocenters. The lowest BCUT2D eigenvalue weighted by Crippen LogP contribution is -2.02. The Morgan fingerprint density at radius 2 is 2.00 bits per heavy atom. The summed E-state index contributed by atoms with van der Waals surface area (Å²) in [4.78, 5) is 17.3. The molecule has 0 aliphatic carbocycles. The molecule has 6 heteroatoms. The summed E-state index contributed by atoms with van der Waals surface area (Å²) in [6, 6.07) is 12.4. The number of nitrogens with one attached hydrogen (secondary N) is 2. The number of fused-ring (bicyclic) bond motifs is 2. The third-order valence-corrected chi connectivity index (χ3v) is 4.51. The first-order chi connectivity index (χ1) is 11.3. The van der Waals surface area contributed by atoms with Crippen molar-refractivity contribution in [3.05, 3.63) is 54.6 Å². The average molecular weight is 321 g/mol. The Morgan fingerprint density at radius 3 is 2.91 bits per heavy atom. The maximum atomic E-state index is 4.40. The van der Waals surface area contributed by atoms with Crippen LogP contribution in [-0.4, -0.2) is 26.2 Å². The first-order valence-corrected chi connectivity index (χ1v) is 8.50. The van der Waals surface area contributed by atoms with Gasteiger partial charge >= 0.3 is 0 Å². The quantitative estimate of drug-likeness (QED) is 0.559. The number of H-pyrrole nitrogens is 1. The summed E-state index contributed by atoms with van der Waals surface area (Å²) in [6.07, 6.45) is 5.38. The molecule has 0 aliphatic heterocycles. The molecule has 2 aromatic heterocycles. The molecule has 0 saturated heterocycles. The number of aromatic amines is 1. The van der Waals surface area contributed by atoms with Crippen molar-refractivity contribution < 1.29 is 0 Å². The van der Waals surface area contributed by atoms with Crippen LogP contribution < -0.4 is 5.32 Å². The number of thioether (sulfide) groups is 1. The van der Waals surface area contributed by atoms with E-state index in [1.165, 1.54) is 4.90 Å². The Kier molecular flexibility index (Phi) is 3.59. The number of anilines is 1. The first-order valence-electron chi connectivity index (χ1n) is 7.28. The Labute approximate surface area is 137 Å². The molecule has 4 aromatic rings. The fourth-order valence-electron chi connectivity index (χ4n) is 2.58. The molecule has 23 heavy (non-hydrogen) atoms. The van der Waals surface area contributed by atoms with Crippen LogP contribution in [0.3, 0.4) is 0 Å². The lowest BCUT2D eigenvalue weighted by atomic mass is 10.2. The largest absolute Gasteiger partial charge is 0.365 e. The van der Waals surface area contributed by atoms with E-state index >= 15 is 0 Å². The minimum absolute atomic E-state index is 0.693. The molecule has 0 atom stereocenters. The van der Waals surface area contributed by atoms with Gasteiger partial charge in [0.25, 0.3) is 0 Å². The van der Waals surface area contributed by atoms with Crippen molar-refractivity contribution in [3.63, 3.8) is 0 Å². The smallest absolute Gasteiger partial charge is 0.137 e. The van der Waals surface area contributed by atoms with Crippen molar-refractivity contribution in [3.8, 4) is 0 Å². The average Bonchev–Trinajstić information content (AvgIpc) is 3.07. The van der Waals surface area contributed by atoms with E-state index in [0.29, 0.717) is 6.54 Å². The van der Waals surface area contributed by atoms with Gasteiger partial charge in [-0.2, -0.15) is 0 Å². The summed E-state index contributed by atoms with van der Waals surface area (Å²) >= 11 is 1.71. The molecule has 5 nitrogen and oxygen atoms in total. The fraction of sp³-hybridized carbons (Fsp3) is 0.118. The zero-order valence-electron chi connectivity index (χ0n) is 12.6. The summed E-state index contributed by atoms with van der Waals surface area (Å²) in [7, 11) is 0. The van der Waals surface area contributed by atoms with Crippen LogP contribution in [0.4, 0.5) is 5.82 Å². The molecular formula is C17H15N5S. The molecule has 0 bridgehead atoms. The van der Waals surface area contributed by atoms with Gasteiger partial charge in [-0.25, -0.2) is 15.0 Å². The zero-order valence-corrected chi connectivity index (χ0v) is 13.4. The van der Waals surface area contributed by atoms with Crippen molar-refractivity contribution >= 4 is 39.5 Å². The zero-order chi connectivity index (χ0) is 15.6. The number of rotatable bonds is 4.